The number of hydrogen-bond acceptors (Lipinski definition) is 4. The Labute approximate surface area is 148 Å². The van der Waals surface area contributed by atoms with Crippen LogP contribution in [-0.4, -0.2) is 17.3 Å². The molecule has 0 aromatic heterocycles. The number of benzene rings is 1. The molecule has 3 rings (SSSR count). The van der Waals surface area contributed by atoms with E-state index in [0.717, 1.165) is 24.8 Å². The molecule has 0 bridgehead atoms. The van der Waals surface area contributed by atoms with Crippen molar-refractivity contribution in [1.82, 2.24) is 0 Å². The van der Waals surface area contributed by atoms with Gasteiger partial charge in [-0.25, -0.2) is 0 Å². The van der Waals surface area contributed by atoms with Gasteiger partial charge in [-0.15, -0.1) is 0 Å². The molecule has 0 amide bonds. The van der Waals surface area contributed by atoms with Crippen LogP contribution in [0.5, 0.6) is 0 Å². The second kappa shape index (κ2) is 5.62. The Morgan fingerprint density at radius 2 is 1.72 bits per heavy atom. The minimum atomic E-state index is -0.546. The summed E-state index contributed by atoms with van der Waals surface area (Å²) in [6.07, 6.45) is 2.91. The molecule has 2 aliphatic rings. The number of rotatable bonds is 2. The average molecular weight is 337 g/mol. The predicted molar refractivity (Wildman–Crippen MR) is 93.8 cm³/mol. The summed E-state index contributed by atoms with van der Waals surface area (Å²) >= 11 is 0. The number of ketones is 3. The van der Waals surface area contributed by atoms with E-state index < -0.39 is 5.41 Å². The van der Waals surface area contributed by atoms with Crippen LogP contribution in [0.4, 0.5) is 0 Å². The smallest absolute Gasteiger partial charge is 0.163 e. The van der Waals surface area contributed by atoms with Crippen molar-refractivity contribution >= 4 is 17.3 Å². The van der Waals surface area contributed by atoms with Gasteiger partial charge in [0, 0.05) is 23.1 Å². The van der Waals surface area contributed by atoms with Crippen LogP contribution in [0.2, 0.25) is 0 Å². The third kappa shape index (κ3) is 2.45. The van der Waals surface area contributed by atoms with Crippen molar-refractivity contribution in [2.24, 2.45) is 11.3 Å². The van der Waals surface area contributed by atoms with Gasteiger partial charge < -0.3 is 0 Å². The van der Waals surface area contributed by atoms with E-state index in [-0.39, 0.29) is 28.7 Å². The zero-order chi connectivity index (χ0) is 18.6. The molecular formula is C21H23NO3. The first kappa shape index (κ1) is 17.5. The summed E-state index contributed by atoms with van der Waals surface area (Å²) in [4.78, 5) is 36.9. The van der Waals surface area contributed by atoms with Crippen LogP contribution >= 0.6 is 0 Å². The van der Waals surface area contributed by atoms with Gasteiger partial charge in [0.1, 0.15) is 0 Å². The van der Waals surface area contributed by atoms with Crippen LogP contribution in [-0.2, 0) is 5.41 Å². The van der Waals surface area contributed by atoms with Crippen molar-refractivity contribution < 1.29 is 14.4 Å². The van der Waals surface area contributed by atoms with Gasteiger partial charge in [0.25, 0.3) is 0 Å². The van der Waals surface area contributed by atoms with E-state index in [2.05, 4.69) is 13.0 Å². The van der Waals surface area contributed by atoms with Crippen LogP contribution in [0.15, 0.2) is 12.1 Å². The fourth-order valence-electron chi connectivity index (χ4n) is 4.96. The Kier molecular flexibility index (Phi) is 3.95. The SMILES string of the molecule is CC(=O)c1cc2c(cc1C(C)=O)[C@]1(C)CCC[C@](C)(C#N)[C@H]1CC2=O. The van der Waals surface area contributed by atoms with Crippen LogP contribution in [0, 0.1) is 22.7 Å². The van der Waals surface area contributed by atoms with E-state index >= 15 is 0 Å². The van der Waals surface area contributed by atoms with E-state index in [9.17, 15) is 19.6 Å². The Bertz CT molecular complexity index is 847. The molecule has 1 saturated carbocycles. The molecule has 0 spiro atoms. The van der Waals surface area contributed by atoms with E-state index in [1.807, 2.05) is 6.92 Å². The van der Waals surface area contributed by atoms with Gasteiger partial charge in [-0.2, -0.15) is 5.26 Å². The molecule has 130 valence electrons. The van der Waals surface area contributed by atoms with Crippen LogP contribution in [0.3, 0.4) is 0 Å². The lowest BCUT2D eigenvalue weighted by Gasteiger charge is -2.52. The highest BCUT2D eigenvalue weighted by molar-refractivity contribution is 6.10. The number of nitriles is 1. The fraction of sp³-hybridized carbons (Fsp3) is 0.524. The summed E-state index contributed by atoms with van der Waals surface area (Å²) in [6, 6.07) is 5.81. The molecule has 0 saturated heterocycles. The van der Waals surface area contributed by atoms with Gasteiger partial charge in [0.2, 0.25) is 0 Å². The van der Waals surface area contributed by atoms with Crippen LogP contribution in [0.25, 0.3) is 0 Å². The molecule has 4 heteroatoms. The molecule has 1 aromatic rings. The van der Waals surface area contributed by atoms with Crippen molar-refractivity contribution in [1.29, 1.82) is 5.26 Å². The Morgan fingerprint density at radius 3 is 2.28 bits per heavy atom. The third-order valence-corrected chi connectivity index (χ3v) is 6.41. The summed E-state index contributed by atoms with van der Waals surface area (Å²) in [5, 5.41) is 9.74. The van der Waals surface area contributed by atoms with Gasteiger partial charge >= 0.3 is 0 Å². The van der Waals surface area contributed by atoms with Crippen molar-refractivity contribution in [3.05, 3.63) is 34.4 Å². The first-order chi connectivity index (χ1) is 11.6. The van der Waals surface area contributed by atoms with Gasteiger partial charge in [-0.1, -0.05) is 13.3 Å². The highest BCUT2D eigenvalue weighted by atomic mass is 16.1. The Hall–Kier alpha value is -2.28. The zero-order valence-corrected chi connectivity index (χ0v) is 15.2. The zero-order valence-electron chi connectivity index (χ0n) is 15.2. The Morgan fingerprint density at radius 1 is 1.12 bits per heavy atom. The number of fused-ring (bicyclic) bond motifs is 3. The first-order valence-corrected chi connectivity index (χ1v) is 8.79. The maximum absolute atomic E-state index is 12.8. The van der Waals surface area contributed by atoms with Gasteiger partial charge in [0.15, 0.2) is 17.3 Å². The fourth-order valence-corrected chi connectivity index (χ4v) is 4.96. The second-order valence-corrected chi connectivity index (χ2v) is 8.04. The lowest BCUT2D eigenvalue weighted by atomic mass is 9.50. The molecule has 4 nitrogen and oxygen atoms in total. The first-order valence-electron chi connectivity index (χ1n) is 8.79. The number of hydrogen-bond donors (Lipinski definition) is 0. The largest absolute Gasteiger partial charge is 0.294 e. The normalized spacial score (nSPS) is 30.8. The summed E-state index contributed by atoms with van der Waals surface area (Å²) in [7, 11) is 0. The maximum Gasteiger partial charge on any atom is 0.163 e. The average Bonchev–Trinajstić information content (AvgIpc) is 2.56. The molecule has 0 unspecified atom stereocenters. The highest BCUT2D eigenvalue weighted by Crippen LogP contribution is 2.57. The molecule has 25 heavy (non-hydrogen) atoms. The van der Waals surface area contributed by atoms with Crippen molar-refractivity contribution in [3.8, 4) is 6.07 Å². The van der Waals surface area contributed by atoms with Crippen molar-refractivity contribution in [2.75, 3.05) is 0 Å². The van der Waals surface area contributed by atoms with E-state index in [1.165, 1.54) is 13.8 Å². The van der Waals surface area contributed by atoms with Crippen LogP contribution in [0.1, 0.15) is 90.0 Å². The molecule has 0 heterocycles. The monoisotopic (exact) mass is 337 g/mol. The highest BCUT2D eigenvalue weighted by Gasteiger charge is 2.54. The minimum absolute atomic E-state index is 0.0292. The number of carbonyl (C=O) groups is 3. The summed E-state index contributed by atoms with van der Waals surface area (Å²) in [5.74, 6) is -0.483. The maximum atomic E-state index is 12.8. The molecule has 0 N–H and O–H groups in total. The van der Waals surface area contributed by atoms with E-state index in [4.69, 9.17) is 0 Å². The second-order valence-electron chi connectivity index (χ2n) is 8.04. The minimum Gasteiger partial charge on any atom is -0.294 e. The number of carbonyl (C=O) groups excluding carboxylic acids is 3. The molecule has 0 radical (unpaired) electrons. The third-order valence-electron chi connectivity index (χ3n) is 6.41. The van der Waals surface area contributed by atoms with Crippen molar-refractivity contribution in [3.63, 3.8) is 0 Å². The van der Waals surface area contributed by atoms with Crippen molar-refractivity contribution in [2.45, 2.75) is 58.8 Å². The molecule has 1 aromatic carbocycles. The van der Waals surface area contributed by atoms with Gasteiger partial charge in [-0.3, -0.25) is 14.4 Å². The quantitative estimate of drug-likeness (QED) is 0.755. The van der Waals surface area contributed by atoms with E-state index in [0.29, 0.717) is 23.1 Å². The summed E-state index contributed by atoms with van der Waals surface area (Å²) in [5.41, 5.74) is 1.22. The number of Topliss-reactive ketones (excluding diaryl/α,β-unsaturated/α-hetero) is 3. The molecule has 1 fully saturated rings. The molecule has 2 aliphatic carbocycles. The summed E-state index contributed by atoms with van der Waals surface area (Å²) < 4.78 is 0. The molecule has 0 aliphatic heterocycles. The molecular weight excluding hydrogens is 314 g/mol. The molecule has 3 atom stereocenters. The standard InChI is InChI=1S/C21H23NO3/c1-12(23)14-8-16-17(9-15(14)13(2)24)21(4)7-5-6-20(3,11-22)19(21)10-18(16)25/h8-9,19H,5-7,10H2,1-4H3/t19-,20-,21+/m1/s1. The number of nitrogens with zero attached hydrogens (tertiary/aromatic N) is 1. The van der Waals surface area contributed by atoms with Crippen LogP contribution < -0.4 is 0 Å². The Balaban J connectivity index is 2.29. The van der Waals surface area contributed by atoms with Gasteiger partial charge in [0.05, 0.1) is 11.5 Å². The predicted octanol–water partition coefficient (Wildman–Crippen LogP) is 4.27. The topological polar surface area (TPSA) is 75.0 Å². The summed E-state index contributed by atoms with van der Waals surface area (Å²) in [6.45, 7) is 6.91. The lowest BCUT2D eigenvalue weighted by Crippen LogP contribution is -2.50. The van der Waals surface area contributed by atoms with E-state index in [1.54, 1.807) is 12.1 Å². The lowest BCUT2D eigenvalue weighted by molar-refractivity contribution is 0.0555. The van der Waals surface area contributed by atoms with Gasteiger partial charge in [-0.05, 0) is 62.6 Å².